The van der Waals surface area contributed by atoms with Crippen LogP contribution in [-0.2, 0) is 0 Å². The van der Waals surface area contributed by atoms with Gasteiger partial charge in [0.15, 0.2) is 5.82 Å². The van der Waals surface area contributed by atoms with Crippen molar-refractivity contribution in [1.82, 2.24) is 19.7 Å². The standard InChI is InChI=1S/C14H13N5S/c1-8-9(2)17-18-14(12(8)13(15)20)19-7-16-10-5-3-4-6-11(10)19/h3-7H,1-2H3,(H2,15,20). The van der Waals surface area contributed by atoms with Gasteiger partial charge in [-0.3, -0.25) is 4.57 Å². The Hall–Kier alpha value is -2.34. The number of hydrogen-bond donors (Lipinski definition) is 1. The van der Waals surface area contributed by atoms with E-state index in [0.29, 0.717) is 10.8 Å². The van der Waals surface area contributed by atoms with E-state index in [-0.39, 0.29) is 0 Å². The van der Waals surface area contributed by atoms with Gasteiger partial charge in [-0.05, 0) is 31.5 Å². The summed E-state index contributed by atoms with van der Waals surface area (Å²) in [6, 6.07) is 7.82. The summed E-state index contributed by atoms with van der Waals surface area (Å²) < 4.78 is 1.86. The Morgan fingerprint density at radius 3 is 2.70 bits per heavy atom. The van der Waals surface area contributed by atoms with Gasteiger partial charge in [0.25, 0.3) is 0 Å². The van der Waals surface area contributed by atoms with E-state index in [1.807, 2.05) is 42.7 Å². The Balaban J connectivity index is 2.35. The highest BCUT2D eigenvalue weighted by molar-refractivity contribution is 7.80. The molecule has 0 amide bonds. The molecule has 3 aromatic rings. The predicted octanol–water partition coefficient (Wildman–Crippen LogP) is 2.07. The summed E-state index contributed by atoms with van der Waals surface area (Å²) >= 11 is 5.17. The molecule has 0 atom stereocenters. The van der Waals surface area contributed by atoms with Gasteiger partial charge in [0, 0.05) is 0 Å². The summed E-state index contributed by atoms with van der Waals surface area (Å²) in [7, 11) is 0. The van der Waals surface area contributed by atoms with Crippen LogP contribution >= 0.6 is 12.2 Å². The van der Waals surface area contributed by atoms with Crippen LogP contribution < -0.4 is 5.73 Å². The fourth-order valence-electron chi connectivity index (χ4n) is 2.19. The molecule has 0 saturated heterocycles. The van der Waals surface area contributed by atoms with Gasteiger partial charge in [0.2, 0.25) is 0 Å². The van der Waals surface area contributed by atoms with Crippen molar-refractivity contribution in [3.63, 3.8) is 0 Å². The van der Waals surface area contributed by atoms with Gasteiger partial charge >= 0.3 is 0 Å². The van der Waals surface area contributed by atoms with E-state index in [4.69, 9.17) is 18.0 Å². The lowest BCUT2D eigenvalue weighted by Gasteiger charge is -2.12. The summed E-state index contributed by atoms with van der Waals surface area (Å²) in [4.78, 5) is 4.67. The molecule has 0 spiro atoms. The molecule has 2 aromatic heterocycles. The van der Waals surface area contributed by atoms with Crippen LogP contribution in [0.2, 0.25) is 0 Å². The van der Waals surface area contributed by atoms with E-state index in [1.165, 1.54) is 0 Å². The minimum atomic E-state index is 0.313. The second kappa shape index (κ2) is 4.64. The van der Waals surface area contributed by atoms with Crippen LogP contribution in [0.4, 0.5) is 0 Å². The summed E-state index contributed by atoms with van der Waals surface area (Å²) in [6.45, 7) is 3.83. The molecule has 0 aliphatic heterocycles. The molecule has 2 heterocycles. The average Bonchev–Trinajstić information content (AvgIpc) is 2.85. The Morgan fingerprint density at radius 2 is 1.95 bits per heavy atom. The molecule has 2 N–H and O–H groups in total. The van der Waals surface area contributed by atoms with Crippen molar-refractivity contribution < 1.29 is 0 Å². The lowest BCUT2D eigenvalue weighted by Crippen LogP contribution is -2.18. The van der Waals surface area contributed by atoms with Gasteiger partial charge in [-0.15, -0.1) is 5.10 Å². The van der Waals surface area contributed by atoms with Gasteiger partial charge in [-0.25, -0.2) is 4.98 Å². The maximum absolute atomic E-state index is 5.86. The minimum absolute atomic E-state index is 0.313. The molecule has 6 heteroatoms. The van der Waals surface area contributed by atoms with Crippen molar-refractivity contribution in [2.24, 2.45) is 5.73 Å². The molecule has 0 bridgehead atoms. The molecule has 0 fully saturated rings. The van der Waals surface area contributed by atoms with Crippen LogP contribution in [0.1, 0.15) is 16.8 Å². The second-order valence-electron chi connectivity index (χ2n) is 4.58. The van der Waals surface area contributed by atoms with Gasteiger partial charge in [0.1, 0.15) is 11.3 Å². The first-order chi connectivity index (χ1) is 9.59. The van der Waals surface area contributed by atoms with E-state index in [9.17, 15) is 0 Å². The van der Waals surface area contributed by atoms with Gasteiger partial charge in [-0.2, -0.15) is 5.10 Å². The third-order valence-electron chi connectivity index (χ3n) is 3.36. The zero-order chi connectivity index (χ0) is 14.3. The van der Waals surface area contributed by atoms with Crippen molar-refractivity contribution in [3.8, 4) is 5.82 Å². The van der Waals surface area contributed by atoms with Crippen molar-refractivity contribution in [2.45, 2.75) is 13.8 Å². The van der Waals surface area contributed by atoms with Crippen molar-refractivity contribution in [1.29, 1.82) is 0 Å². The normalized spacial score (nSPS) is 10.9. The number of nitrogens with two attached hydrogens (primary N) is 1. The molecule has 0 unspecified atom stereocenters. The molecule has 100 valence electrons. The third kappa shape index (κ3) is 1.85. The number of hydrogen-bond acceptors (Lipinski definition) is 4. The Bertz CT molecular complexity index is 822. The highest BCUT2D eigenvalue weighted by atomic mass is 32.1. The first-order valence-electron chi connectivity index (χ1n) is 6.15. The molecule has 3 rings (SSSR count). The van der Waals surface area contributed by atoms with Crippen LogP contribution in [0.5, 0.6) is 0 Å². The fraction of sp³-hybridized carbons (Fsp3) is 0.143. The topological polar surface area (TPSA) is 69.6 Å². The fourth-order valence-corrected chi connectivity index (χ4v) is 2.43. The van der Waals surface area contributed by atoms with Crippen molar-refractivity contribution >= 4 is 28.2 Å². The largest absolute Gasteiger partial charge is 0.389 e. The number of thiocarbonyl (C=S) groups is 1. The lowest BCUT2D eigenvalue weighted by atomic mass is 10.1. The number of nitrogens with zero attached hydrogens (tertiary/aromatic N) is 4. The monoisotopic (exact) mass is 283 g/mol. The van der Waals surface area contributed by atoms with Crippen LogP contribution in [0.15, 0.2) is 30.6 Å². The quantitative estimate of drug-likeness (QED) is 0.729. The molecule has 0 saturated carbocycles. The molecule has 20 heavy (non-hydrogen) atoms. The number of para-hydroxylation sites is 2. The predicted molar refractivity (Wildman–Crippen MR) is 82.0 cm³/mol. The molecular weight excluding hydrogens is 270 g/mol. The highest BCUT2D eigenvalue weighted by Gasteiger charge is 2.16. The van der Waals surface area contributed by atoms with E-state index in [2.05, 4.69) is 15.2 Å². The molecule has 1 aromatic carbocycles. The van der Waals surface area contributed by atoms with Crippen LogP contribution in [0, 0.1) is 13.8 Å². The second-order valence-corrected chi connectivity index (χ2v) is 5.02. The number of fused-ring (bicyclic) bond motifs is 1. The van der Waals surface area contributed by atoms with E-state index < -0.39 is 0 Å². The molecule has 5 nitrogen and oxygen atoms in total. The van der Waals surface area contributed by atoms with E-state index in [0.717, 1.165) is 27.9 Å². The maximum atomic E-state index is 5.86. The number of aromatic nitrogens is 4. The summed E-state index contributed by atoms with van der Waals surface area (Å²) in [6.07, 6.45) is 1.71. The zero-order valence-corrected chi connectivity index (χ0v) is 12.0. The van der Waals surface area contributed by atoms with Crippen LogP contribution in [0.25, 0.3) is 16.9 Å². The smallest absolute Gasteiger partial charge is 0.171 e. The van der Waals surface area contributed by atoms with E-state index in [1.54, 1.807) is 6.33 Å². The Kier molecular flexibility index (Phi) is 2.94. The van der Waals surface area contributed by atoms with Gasteiger partial charge in [-0.1, -0.05) is 24.4 Å². The summed E-state index contributed by atoms with van der Waals surface area (Å²) in [5.41, 5.74) is 10.2. The number of benzene rings is 1. The first kappa shape index (κ1) is 12.7. The van der Waals surface area contributed by atoms with Gasteiger partial charge < -0.3 is 5.73 Å². The molecule has 0 aliphatic carbocycles. The zero-order valence-electron chi connectivity index (χ0n) is 11.2. The van der Waals surface area contributed by atoms with Crippen molar-refractivity contribution in [2.75, 3.05) is 0 Å². The number of aryl methyl sites for hydroxylation is 1. The lowest BCUT2D eigenvalue weighted by molar-refractivity contribution is 0.888. The Labute approximate surface area is 121 Å². The maximum Gasteiger partial charge on any atom is 0.171 e. The summed E-state index contributed by atoms with van der Waals surface area (Å²) in [5.74, 6) is 0.620. The summed E-state index contributed by atoms with van der Waals surface area (Å²) in [5, 5.41) is 8.43. The number of imidazole rings is 1. The molecular formula is C14H13N5S. The van der Waals surface area contributed by atoms with Crippen molar-refractivity contribution in [3.05, 3.63) is 47.4 Å². The SMILES string of the molecule is Cc1nnc(-n2cnc3ccccc32)c(C(N)=S)c1C. The minimum Gasteiger partial charge on any atom is -0.389 e. The molecule has 0 radical (unpaired) electrons. The highest BCUT2D eigenvalue weighted by Crippen LogP contribution is 2.22. The van der Waals surface area contributed by atoms with E-state index >= 15 is 0 Å². The van der Waals surface area contributed by atoms with Gasteiger partial charge in [0.05, 0.1) is 22.3 Å². The Morgan fingerprint density at radius 1 is 1.20 bits per heavy atom. The third-order valence-corrected chi connectivity index (χ3v) is 3.57. The van der Waals surface area contributed by atoms with Crippen LogP contribution in [-0.4, -0.2) is 24.7 Å². The molecule has 0 aliphatic rings. The number of rotatable bonds is 2. The average molecular weight is 283 g/mol. The van der Waals surface area contributed by atoms with Crippen LogP contribution in [0.3, 0.4) is 0 Å². The first-order valence-corrected chi connectivity index (χ1v) is 6.56.